The van der Waals surface area contributed by atoms with Crippen molar-refractivity contribution in [3.8, 4) is 0 Å². The molecule has 1 amide bonds. The number of nitrogens with zero attached hydrogens (tertiary/aromatic N) is 1. The van der Waals surface area contributed by atoms with Crippen LogP contribution in [0.2, 0.25) is 0 Å². The van der Waals surface area contributed by atoms with Crippen molar-refractivity contribution in [1.29, 1.82) is 0 Å². The minimum absolute atomic E-state index is 0.0568. The van der Waals surface area contributed by atoms with E-state index in [0.717, 1.165) is 31.2 Å². The van der Waals surface area contributed by atoms with E-state index < -0.39 is 5.97 Å². The molecule has 0 spiro atoms. The zero-order valence-corrected chi connectivity index (χ0v) is 13.5. The minimum Gasteiger partial charge on any atom is -0.481 e. The molecule has 0 aromatic heterocycles. The zero-order valence-electron chi connectivity index (χ0n) is 13.5. The first-order valence-corrected chi connectivity index (χ1v) is 8.77. The highest BCUT2D eigenvalue weighted by Gasteiger charge is 2.42. The fraction of sp³-hybridized carbons (Fsp3) is 0.882. The van der Waals surface area contributed by atoms with Crippen molar-refractivity contribution in [2.45, 2.75) is 51.5 Å². The Morgan fingerprint density at radius 2 is 2.09 bits per heavy atom. The van der Waals surface area contributed by atoms with E-state index in [1.54, 1.807) is 0 Å². The largest absolute Gasteiger partial charge is 0.481 e. The molecule has 5 atom stereocenters. The highest BCUT2D eigenvalue weighted by Crippen LogP contribution is 2.49. The lowest BCUT2D eigenvalue weighted by Crippen LogP contribution is -2.47. The number of aliphatic carboxylic acids is 1. The number of likely N-dealkylation sites (tertiary alicyclic amines) is 1. The number of carbonyl (C=O) groups excluding carboxylic acids is 1. The second-order valence-corrected chi connectivity index (χ2v) is 7.61. The van der Waals surface area contributed by atoms with Crippen molar-refractivity contribution in [1.82, 2.24) is 10.2 Å². The molecular formula is C17H28N2O3. The molecule has 0 aromatic carbocycles. The Kier molecular flexibility index (Phi) is 4.71. The van der Waals surface area contributed by atoms with Gasteiger partial charge in [-0.05, 0) is 63.3 Å². The molecule has 3 rings (SSSR count). The highest BCUT2D eigenvalue weighted by atomic mass is 16.4. The Morgan fingerprint density at radius 1 is 1.27 bits per heavy atom. The molecular weight excluding hydrogens is 280 g/mol. The molecule has 2 N–H and O–H groups in total. The van der Waals surface area contributed by atoms with Gasteiger partial charge in [0.05, 0.1) is 12.5 Å². The van der Waals surface area contributed by atoms with Gasteiger partial charge in [0.1, 0.15) is 0 Å². The summed E-state index contributed by atoms with van der Waals surface area (Å²) < 4.78 is 0. The minimum atomic E-state index is -0.736. The molecule has 2 aliphatic carbocycles. The maximum Gasteiger partial charge on any atom is 0.307 e. The molecule has 1 heterocycles. The lowest BCUT2D eigenvalue weighted by Gasteiger charge is -2.32. The normalized spacial score (nSPS) is 36.2. The van der Waals surface area contributed by atoms with Crippen molar-refractivity contribution in [2.75, 3.05) is 19.6 Å². The van der Waals surface area contributed by atoms with Gasteiger partial charge < -0.3 is 10.4 Å². The number of rotatable bonds is 5. The third-order valence-corrected chi connectivity index (χ3v) is 6.05. The average molecular weight is 308 g/mol. The van der Waals surface area contributed by atoms with Gasteiger partial charge in [-0.3, -0.25) is 14.5 Å². The van der Waals surface area contributed by atoms with Crippen LogP contribution in [0.15, 0.2) is 0 Å². The summed E-state index contributed by atoms with van der Waals surface area (Å²) in [4.78, 5) is 25.3. The predicted molar refractivity (Wildman–Crippen MR) is 83.3 cm³/mol. The fourth-order valence-corrected chi connectivity index (χ4v) is 4.92. The van der Waals surface area contributed by atoms with E-state index in [4.69, 9.17) is 5.11 Å². The summed E-state index contributed by atoms with van der Waals surface area (Å²) in [6.07, 6.45) is 6.95. The van der Waals surface area contributed by atoms with Gasteiger partial charge in [-0.1, -0.05) is 6.42 Å². The summed E-state index contributed by atoms with van der Waals surface area (Å²) in [5.41, 5.74) is 0. The highest BCUT2D eigenvalue weighted by molar-refractivity contribution is 5.78. The number of nitrogens with one attached hydrogen (secondary N) is 1. The lowest BCUT2D eigenvalue weighted by molar-refractivity contribution is -0.144. The van der Waals surface area contributed by atoms with Crippen molar-refractivity contribution in [3.63, 3.8) is 0 Å². The monoisotopic (exact) mass is 308 g/mol. The third-order valence-electron chi connectivity index (χ3n) is 6.05. The molecule has 0 radical (unpaired) electrons. The lowest BCUT2D eigenvalue weighted by atomic mass is 9.84. The average Bonchev–Trinajstić information content (AvgIpc) is 3.10. The number of amides is 1. The summed E-state index contributed by atoms with van der Waals surface area (Å²) in [5.74, 6) is 1.36. The van der Waals surface area contributed by atoms with Crippen LogP contribution in [0, 0.1) is 23.7 Å². The van der Waals surface area contributed by atoms with E-state index in [1.807, 2.05) is 4.90 Å². The third kappa shape index (κ3) is 3.45. The first-order chi connectivity index (χ1) is 10.5. The van der Waals surface area contributed by atoms with E-state index in [1.165, 1.54) is 25.7 Å². The zero-order chi connectivity index (χ0) is 15.7. The van der Waals surface area contributed by atoms with Crippen molar-refractivity contribution in [2.24, 2.45) is 23.7 Å². The van der Waals surface area contributed by atoms with Gasteiger partial charge in [-0.15, -0.1) is 0 Å². The number of hydrogen-bond donors (Lipinski definition) is 2. The van der Waals surface area contributed by atoms with Crippen LogP contribution in [0.1, 0.15) is 45.4 Å². The summed E-state index contributed by atoms with van der Waals surface area (Å²) >= 11 is 0. The van der Waals surface area contributed by atoms with Crippen molar-refractivity contribution in [3.05, 3.63) is 0 Å². The van der Waals surface area contributed by atoms with E-state index in [9.17, 15) is 9.59 Å². The summed E-state index contributed by atoms with van der Waals surface area (Å²) in [6, 6.07) is 0.253. The van der Waals surface area contributed by atoms with Crippen LogP contribution in [0.3, 0.4) is 0 Å². The fourth-order valence-electron chi connectivity index (χ4n) is 4.92. The van der Waals surface area contributed by atoms with Crippen LogP contribution in [0.25, 0.3) is 0 Å². The van der Waals surface area contributed by atoms with Gasteiger partial charge in [0, 0.05) is 12.6 Å². The molecule has 22 heavy (non-hydrogen) atoms. The van der Waals surface area contributed by atoms with Crippen molar-refractivity contribution < 1.29 is 14.7 Å². The molecule has 2 bridgehead atoms. The van der Waals surface area contributed by atoms with Crippen LogP contribution in [-0.2, 0) is 9.59 Å². The molecule has 1 aliphatic heterocycles. The first-order valence-electron chi connectivity index (χ1n) is 8.77. The van der Waals surface area contributed by atoms with Gasteiger partial charge >= 0.3 is 5.97 Å². The van der Waals surface area contributed by atoms with Gasteiger partial charge in [-0.25, -0.2) is 0 Å². The second kappa shape index (κ2) is 6.57. The molecule has 3 fully saturated rings. The summed E-state index contributed by atoms with van der Waals surface area (Å²) in [7, 11) is 0. The molecule has 2 saturated carbocycles. The molecule has 5 unspecified atom stereocenters. The summed E-state index contributed by atoms with van der Waals surface area (Å²) in [5, 5.41) is 12.3. The van der Waals surface area contributed by atoms with Crippen LogP contribution in [0.5, 0.6) is 0 Å². The predicted octanol–water partition coefficient (Wildman–Crippen LogP) is 1.72. The molecule has 124 valence electrons. The van der Waals surface area contributed by atoms with Gasteiger partial charge in [0.25, 0.3) is 0 Å². The van der Waals surface area contributed by atoms with E-state index in [-0.39, 0.29) is 17.9 Å². The Hall–Kier alpha value is -1.10. The Bertz CT molecular complexity index is 440. The topological polar surface area (TPSA) is 69.6 Å². The number of carboxylic acids is 1. The molecule has 5 nitrogen and oxygen atoms in total. The maximum absolute atomic E-state index is 12.3. The van der Waals surface area contributed by atoms with Gasteiger partial charge in [0.15, 0.2) is 0 Å². The van der Waals surface area contributed by atoms with E-state index >= 15 is 0 Å². The Morgan fingerprint density at radius 3 is 2.73 bits per heavy atom. The van der Waals surface area contributed by atoms with E-state index in [0.29, 0.717) is 19.0 Å². The van der Waals surface area contributed by atoms with Crippen LogP contribution >= 0.6 is 0 Å². The number of carboxylic acid groups (broad SMARTS) is 1. The smallest absolute Gasteiger partial charge is 0.307 e. The SMILES string of the molecule is CC(NC(=O)CN1CCCC(C(=O)O)C1)C1CC2CCC1C2. The first kappa shape index (κ1) is 15.8. The Labute approximate surface area is 132 Å². The quantitative estimate of drug-likeness (QED) is 0.811. The standard InChI is InChI=1S/C17H28N2O3/c1-11(15-8-12-4-5-13(15)7-12)18-16(20)10-19-6-2-3-14(9-19)17(21)22/h11-15H,2-10H2,1H3,(H,18,20)(H,21,22). The number of piperidine rings is 1. The van der Waals surface area contributed by atoms with Crippen LogP contribution in [-0.4, -0.2) is 47.6 Å². The summed E-state index contributed by atoms with van der Waals surface area (Å²) in [6.45, 7) is 3.82. The Balaban J connectivity index is 1.45. The van der Waals surface area contributed by atoms with Gasteiger partial charge in [-0.2, -0.15) is 0 Å². The number of hydrogen-bond acceptors (Lipinski definition) is 3. The maximum atomic E-state index is 12.3. The molecule has 1 saturated heterocycles. The van der Waals surface area contributed by atoms with Gasteiger partial charge in [0.2, 0.25) is 5.91 Å². The van der Waals surface area contributed by atoms with Crippen molar-refractivity contribution >= 4 is 11.9 Å². The van der Waals surface area contributed by atoms with Crippen LogP contribution < -0.4 is 5.32 Å². The number of carbonyl (C=O) groups is 2. The molecule has 5 heteroatoms. The number of fused-ring (bicyclic) bond motifs is 2. The second-order valence-electron chi connectivity index (χ2n) is 7.61. The van der Waals surface area contributed by atoms with E-state index in [2.05, 4.69) is 12.2 Å². The van der Waals surface area contributed by atoms with Crippen LogP contribution in [0.4, 0.5) is 0 Å². The molecule has 0 aromatic rings. The molecule has 3 aliphatic rings.